The van der Waals surface area contributed by atoms with Crippen LogP contribution in [0.5, 0.6) is 0 Å². The molecule has 0 aromatic heterocycles. The summed E-state index contributed by atoms with van der Waals surface area (Å²) in [5.74, 6) is 0.596. The first-order chi connectivity index (χ1) is 4.95. The van der Waals surface area contributed by atoms with Gasteiger partial charge in [-0.2, -0.15) is 0 Å². The molecule has 3 atom stereocenters. The van der Waals surface area contributed by atoms with Crippen molar-refractivity contribution < 1.29 is 9.50 Å². The van der Waals surface area contributed by atoms with Gasteiger partial charge in [-0.15, -0.1) is 0 Å². The van der Waals surface area contributed by atoms with Crippen LogP contribution < -0.4 is 0 Å². The molecular formula is C9H19FO. The second-order valence-corrected chi connectivity index (χ2v) is 3.84. The van der Waals surface area contributed by atoms with Gasteiger partial charge in [-0.25, -0.2) is 4.39 Å². The molecular weight excluding hydrogens is 143 g/mol. The average molecular weight is 162 g/mol. The van der Waals surface area contributed by atoms with E-state index in [1.807, 2.05) is 6.92 Å². The molecule has 0 saturated heterocycles. The largest absolute Gasteiger partial charge is 0.364 e. The van der Waals surface area contributed by atoms with Crippen LogP contribution in [0.1, 0.15) is 34.1 Å². The van der Waals surface area contributed by atoms with E-state index < -0.39 is 6.36 Å². The third kappa shape index (κ3) is 4.35. The number of aliphatic hydroxyl groups is 1. The van der Waals surface area contributed by atoms with Gasteiger partial charge in [0.05, 0.1) is 0 Å². The highest BCUT2D eigenvalue weighted by molar-refractivity contribution is 4.64. The molecule has 0 spiro atoms. The predicted molar refractivity (Wildman–Crippen MR) is 44.9 cm³/mol. The summed E-state index contributed by atoms with van der Waals surface area (Å²) in [6.45, 7) is 7.94. The van der Waals surface area contributed by atoms with Gasteiger partial charge in [0.2, 0.25) is 0 Å². The van der Waals surface area contributed by atoms with Gasteiger partial charge in [-0.05, 0) is 18.3 Å². The van der Waals surface area contributed by atoms with E-state index in [1.54, 1.807) is 6.92 Å². The Morgan fingerprint density at radius 1 is 1.18 bits per heavy atom. The van der Waals surface area contributed by atoms with Gasteiger partial charge in [-0.3, -0.25) is 0 Å². The summed E-state index contributed by atoms with van der Waals surface area (Å²) in [6, 6.07) is 0. The highest BCUT2D eigenvalue weighted by atomic mass is 19.1. The van der Waals surface area contributed by atoms with E-state index >= 15 is 0 Å². The van der Waals surface area contributed by atoms with E-state index in [0.29, 0.717) is 5.92 Å². The Kier molecular flexibility index (Phi) is 4.66. The molecule has 0 amide bonds. The Morgan fingerprint density at radius 2 is 1.64 bits per heavy atom. The minimum absolute atomic E-state index is 0.239. The Balaban J connectivity index is 3.73. The number of hydrogen-bond acceptors (Lipinski definition) is 1. The summed E-state index contributed by atoms with van der Waals surface area (Å²) < 4.78 is 12.4. The fourth-order valence-electron chi connectivity index (χ4n) is 1.23. The summed E-state index contributed by atoms with van der Waals surface area (Å²) in [5.41, 5.74) is 0. The van der Waals surface area contributed by atoms with E-state index in [1.165, 1.54) is 0 Å². The minimum atomic E-state index is -1.66. The molecule has 0 radical (unpaired) electrons. The van der Waals surface area contributed by atoms with Crippen molar-refractivity contribution in [3.05, 3.63) is 0 Å². The Bertz CT molecular complexity index is 102. The second kappa shape index (κ2) is 4.70. The van der Waals surface area contributed by atoms with Crippen LogP contribution in [-0.4, -0.2) is 11.5 Å². The number of hydrogen-bond donors (Lipinski definition) is 1. The van der Waals surface area contributed by atoms with E-state index in [2.05, 4.69) is 13.8 Å². The molecule has 0 aliphatic rings. The summed E-state index contributed by atoms with van der Waals surface area (Å²) in [7, 11) is 0. The summed E-state index contributed by atoms with van der Waals surface area (Å²) in [6.07, 6.45) is -0.689. The van der Waals surface area contributed by atoms with E-state index in [4.69, 9.17) is 5.11 Å². The van der Waals surface area contributed by atoms with Crippen LogP contribution in [0.25, 0.3) is 0 Å². The molecule has 0 aliphatic heterocycles. The van der Waals surface area contributed by atoms with Crippen molar-refractivity contribution in [2.45, 2.75) is 40.5 Å². The number of alkyl halides is 1. The number of rotatable bonds is 4. The summed E-state index contributed by atoms with van der Waals surface area (Å²) in [4.78, 5) is 0. The summed E-state index contributed by atoms with van der Waals surface area (Å²) in [5, 5.41) is 8.64. The summed E-state index contributed by atoms with van der Waals surface area (Å²) >= 11 is 0. The van der Waals surface area contributed by atoms with Gasteiger partial charge in [0, 0.05) is 5.92 Å². The third-order valence-corrected chi connectivity index (χ3v) is 2.17. The molecule has 0 heterocycles. The van der Waals surface area contributed by atoms with Crippen molar-refractivity contribution in [3.63, 3.8) is 0 Å². The lowest BCUT2D eigenvalue weighted by Gasteiger charge is -2.21. The SMILES string of the molecule is CC(C)CC(C)C(C)C(O)F. The van der Waals surface area contributed by atoms with Gasteiger partial charge in [0.15, 0.2) is 6.36 Å². The molecule has 0 bridgehead atoms. The highest BCUT2D eigenvalue weighted by Crippen LogP contribution is 2.22. The van der Waals surface area contributed by atoms with Crippen molar-refractivity contribution in [1.82, 2.24) is 0 Å². The molecule has 3 unspecified atom stereocenters. The molecule has 0 saturated carbocycles. The Labute approximate surface area is 68.6 Å². The smallest absolute Gasteiger partial charge is 0.199 e. The van der Waals surface area contributed by atoms with Crippen LogP contribution >= 0.6 is 0 Å². The lowest BCUT2D eigenvalue weighted by atomic mass is 9.88. The average Bonchev–Trinajstić information content (AvgIpc) is 1.84. The van der Waals surface area contributed by atoms with Crippen molar-refractivity contribution in [1.29, 1.82) is 0 Å². The van der Waals surface area contributed by atoms with Gasteiger partial charge in [0.25, 0.3) is 0 Å². The molecule has 0 fully saturated rings. The van der Waals surface area contributed by atoms with Crippen molar-refractivity contribution in [3.8, 4) is 0 Å². The minimum Gasteiger partial charge on any atom is -0.364 e. The van der Waals surface area contributed by atoms with Crippen molar-refractivity contribution in [2.75, 3.05) is 0 Å². The van der Waals surface area contributed by atoms with E-state index in [9.17, 15) is 4.39 Å². The first-order valence-electron chi connectivity index (χ1n) is 4.27. The molecule has 0 aromatic carbocycles. The number of aliphatic hydroxyl groups excluding tert-OH is 1. The maximum Gasteiger partial charge on any atom is 0.199 e. The van der Waals surface area contributed by atoms with Crippen molar-refractivity contribution in [2.24, 2.45) is 17.8 Å². The van der Waals surface area contributed by atoms with Crippen LogP contribution in [0.3, 0.4) is 0 Å². The second-order valence-electron chi connectivity index (χ2n) is 3.84. The van der Waals surface area contributed by atoms with Gasteiger partial charge < -0.3 is 5.11 Å². The fourth-order valence-corrected chi connectivity index (χ4v) is 1.23. The quantitative estimate of drug-likeness (QED) is 0.673. The predicted octanol–water partition coefficient (Wildman–Crippen LogP) is 2.59. The maximum atomic E-state index is 12.4. The monoisotopic (exact) mass is 162 g/mol. The van der Waals surface area contributed by atoms with E-state index in [-0.39, 0.29) is 11.8 Å². The standard InChI is InChI=1S/C9H19FO/c1-6(2)5-7(3)8(4)9(10)11/h6-9,11H,5H2,1-4H3. The van der Waals surface area contributed by atoms with Crippen LogP contribution in [0.2, 0.25) is 0 Å². The zero-order chi connectivity index (χ0) is 9.02. The highest BCUT2D eigenvalue weighted by Gasteiger charge is 2.20. The fraction of sp³-hybridized carbons (Fsp3) is 1.00. The molecule has 0 rings (SSSR count). The third-order valence-electron chi connectivity index (χ3n) is 2.17. The van der Waals surface area contributed by atoms with Crippen LogP contribution in [-0.2, 0) is 0 Å². The van der Waals surface area contributed by atoms with Crippen LogP contribution in [0.15, 0.2) is 0 Å². The lowest BCUT2D eigenvalue weighted by molar-refractivity contribution is -0.0266. The van der Waals surface area contributed by atoms with Crippen LogP contribution in [0.4, 0.5) is 4.39 Å². The van der Waals surface area contributed by atoms with Crippen LogP contribution in [0, 0.1) is 17.8 Å². The molecule has 2 heteroatoms. The van der Waals surface area contributed by atoms with Crippen molar-refractivity contribution >= 4 is 0 Å². The topological polar surface area (TPSA) is 20.2 Å². The zero-order valence-corrected chi connectivity index (χ0v) is 7.84. The molecule has 1 nitrogen and oxygen atoms in total. The van der Waals surface area contributed by atoms with Gasteiger partial charge in [-0.1, -0.05) is 27.7 Å². The van der Waals surface area contributed by atoms with E-state index in [0.717, 1.165) is 6.42 Å². The lowest BCUT2D eigenvalue weighted by Crippen LogP contribution is -2.20. The zero-order valence-electron chi connectivity index (χ0n) is 7.84. The molecule has 0 aromatic rings. The molecule has 0 aliphatic carbocycles. The normalized spacial score (nSPS) is 19.9. The number of halogens is 1. The first-order valence-corrected chi connectivity index (χ1v) is 4.27. The molecule has 1 N–H and O–H groups in total. The Morgan fingerprint density at radius 3 is 1.91 bits per heavy atom. The Hall–Kier alpha value is -0.110. The van der Waals surface area contributed by atoms with Gasteiger partial charge in [0.1, 0.15) is 0 Å². The first kappa shape index (κ1) is 10.9. The molecule has 68 valence electrons. The maximum absolute atomic E-state index is 12.4. The van der Waals surface area contributed by atoms with Gasteiger partial charge >= 0.3 is 0 Å². The molecule has 11 heavy (non-hydrogen) atoms.